The van der Waals surface area contributed by atoms with Gasteiger partial charge in [-0.05, 0) is 229 Å². The minimum absolute atomic E-state index is 0.0744. The fourth-order valence-corrected chi connectivity index (χ4v) is 19.9. The van der Waals surface area contributed by atoms with Crippen LogP contribution in [0.25, 0.3) is 39.1 Å². The third kappa shape index (κ3) is 7.23. The number of carbonyl (C=O) groups is 2. The topological polar surface area (TPSA) is 133 Å². The van der Waals surface area contributed by atoms with Crippen LogP contribution in [0.15, 0.2) is 150 Å². The van der Waals surface area contributed by atoms with Gasteiger partial charge in [-0.2, -0.15) is 0 Å². The lowest BCUT2D eigenvalue weighted by atomic mass is 9.54. The zero-order valence-corrected chi connectivity index (χ0v) is 50.6. The Morgan fingerprint density at radius 1 is 0.419 bits per heavy atom. The average molecular weight is 1140 g/mol. The number of hydrogen-bond donors (Lipinski definition) is 0. The van der Waals surface area contributed by atoms with Crippen LogP contribution in [-0.2, 0) is 20.4 Å². The average Bonchev–Trinajstić information content (AvgIpc) is 1.47. The van der Waals surface area contributed by atoms with Gasteiger partial charge in [0.25, 0.3) is 11.8 Å². The van der Waals surface area contributed by atoms with Gasteiger partial charge in [-0.15, -0.1) is 0 Å². The number of carbonyl (C=O) groups excluding carboxylic acids is 2. The third-order valence-corrected chi connectivity index (χ3v) is 24.0. The van der Waals surface area contributed by atoms with Crippen LogP contribution in [-0.4, -0.2) is 70.6 Å². The minimum atomic E-state index is -0.191. The number of imide groups is 1. The molecule has 4 fully saturated rings. The van der Waals surface area contributed by atoms with E-state index in [1.807, 2.05) is 31.2 Å². The highest BCUT2D eigenvalue weighted by Crippen LogP contribution is 2.84. The summed E-state index contributed by atoms with van der Waals surface area (Å²) in [6.45, 7) is 13.2. The van der Waals surface area contributed by atoms with E-state index in [1.54, 1.807) is 22.3 Å². The molecule has 0 aromatic heterocycles. The standard InChI is InChI=1S/C75H76N8O3/c1-6-70-31-33-71(7-2,34-32-70)74(70)57-41-50(47-17-19-48(20-18-47)65-79-68-69(80-65)82-66(81-68)49-21-25-52(26-22-49)86-40-16-14-12-10-11-13-15-39-83-63(84)29-30-64(83)85)23-27-53(57)55-43-60-56(44-59(55)74)54-28-24-51(61-45-62-67(78-61)77-46(5)76-62)42-58(54)75(60)72(8-3)35-37-73(75,9-4)38-36-72/h17-30,41-45H,6-16,31-40H2,1-5H3. The lowest BCUT2D eigenvalue weighted by Gasteiger charge is -2.48. The van der Waals surface area contributed by atoms with Gasteiger partial charge in [-0.1, -0.05) is 108 Å². The summed E-state index contributed by atoms with van der Waals surface area (Å²) in [6, 6.07) is 37.5. The highest BCUT2D eigenvalue weighted by Gasteiger charge is 2.76. The van der Waals surface area contributed by atoms with Crippen molar-refractivity contribution < 1.29 is 14.3 Å². The highest BCUT2D eigenvalue weighted by atomic mass is 16.5. The molecular weight excluding hydrogens is 1060 g/mol. The number of amidine groups is 6. The lowest BCUT2D eigenvalue weighted by Crippen LogP contribution is -2.45. The molecule has 2 spiro atoms. The van der Waals surface area contributed by atoms with E-state index in [0.717, 1.165) is 84.9 Å². The van der Waals surface area contributed by atoms with Gasteiger partial charge in [0.15, 0.2) is 17.5 Å². The zero-order chi connectivity index (χ0) is 58.4. The van der Waals surface area contributed by atoms with Crippen LogP contribution < -0.4 is 4.74 Å². The van der Waals surface area contributed by atoms with E-state index in [-0.39, 0.29) is 44.3 Å². The summed E-state index contributed by atoms with van der Waals surface area (Å²) in [7, 11) is 0. The summed E-state index contributed by atoms with van der Waals surface area (Å²) >= 11 is 0. The number of fused-ring (bicyclic) bond motifs is 8. The van der Waals surface area contributed by atoms with Gasteiger partial charge in [0, 0.05) is 46.2 Å². The molecule has 0 unspecified atom stereocenters. The molecule has 5 heterocycles. The summed E-state index contributed by atoms with van der Waals surface area (Å²) in [5, 5.41) is 0. The van der Waals surface area contributed by atoms with Gasteiger partial charge < -0.3 is 4.74 Å². The summed E-state index contributed by atoms with van der Waals surface area (Å²) < 4.78 is 6.08. The van der Waals surface area contributed by atoms with E-state index in [2.05, 4.69) is 112 Å². The van der Waals surface area contributed by atoms with Crippen molar-refractivity contribution in [1.29, 1.82) is 0 Å². The Labute approximate surface area is 505 Å². The third-order valence-electron chi connectivity index (χ3n) is 24.0. The van der Waals surface area contributed by atoms with Gasteiger partial charge in [-0.3, -0.25) is 14.5 Å². The van der Waals surface area contributed by atoms with Gasteiger partial charge in [0.05, 0.1) is 12.3 Å². The molecule has 11 nitrogen and oxygen atoms in total. The molecule has 0 saturated heterocycles. The van der Waals surface area contributed by atoms with Crippen LogP contribution >= 0.6 is 0 Å². The number of unbranched alkanes of at least 4 members (excludes halogenated alkanes) is 6. The van der Waals surface area contributed by atoms with Gasteiger partial charge in [0.1, 0.15) is 17.3 Å². The minimum Gasteiger partial charge on any atom is -0.494 e. The largest absolute Gasteiger partial charge is 0.494 e. The molecule has 86 heavy (non-hydrogen) atoms. The Morgan fingerprint density at radius 3 is 1.36 bits per heavy atom. The maximum Gasteiger partial charge on any atom is 0.253 e. The molecule has 2 amide bonds. The number of ether oxygens (including phenoxy) is 1. The Balaban J connectivity index is 0.656. The zero-order valence-electron chi connectivity index (χ0n) is 50.6. The molecular formula is C75H76N8O3. The molecule has 5 aromatic rings. The van der Waals surface area contributed by atoms with Gasteiger partial charge >= 0.3 is 0 Å². The fourth-order valence-electron chi connectivity index (χ4n) is 19.9. The molecule has 16 rings (SSSR count). The highest BCUT2D eigenvalue weighted by molar-refractivity contribution is 6.55. The monoisotopic (exact) mass is 1140 g/mol. The number of aliphatic imine (C=N–C) groups is 7. The van der Waals surface area contributed by atoms with Crippen molar-refractivity contribution in [1.82, 2.24) is 4.90 Å². The lowest BCUT2D eigenvalue weighted by molar-refractivity contribution is -0.136. The van der Waals surface area contributed by atoms with E-state index >= 15 is 0 Å². The molecule has 0 N–H and O–H groups in total. The number of rotatable bonds is 19. The number of nitrogens with zero attached hydrogens (tertiary/aromatic N) is 8. The van der Waals surface area contributed by atoms with Crippen molar-refractivity contribution in [2.45, 2.75) is 167 Å². The molecule has 4 saturated carbocycles. The molecule has 6 aliphatic carbocycles. The van der Waals surface area contributed by atoms with Crippen molar-refractivity contribution in [3.8, 4) is 39.1 Å². The second-order valence-electron chi connectivity index (χ2n) is 26.9. The Hall–Kier alpha value is -7.79. The Kier molecular flexibility index (Phi) is 12.2. The molecule has 11 aliphatic rings. The second kappa shape index (κ2) is 19.6. The van der Waals surface area contributed by atoms with E-state index in [1.165, 1.54) is 133 Å². The second-order valence-corrected chi connectivity index (χ2v) is 26.9. The summed E-state index contributed by atoms with van der Waals surface area (Å²) in [4.78, 5) is 58.8. The Bertz CT molecular complexity index is 4010. The van der Waals surface area contributed by atoms with Crippen molar-refractivity contribution in [2.75, 3.05) is 13.2 Å². The first-order chi connectivity index (χ1) is 42.0. The first-order valence-corrected chi connectivity index (χ1v) is 32.6. The quantitative estimate of drug-likeness (QED) is 0.0602. The molecule has 11 heteroatoms. The van der Waals surface area contributed by atoms with Crippen molar-refractivity contribution in [3.05, 3.63) is 154 Å². The predicted octanol–water partition coefficient (Wildman–Crippen LogP) is 16.3. The Morgan fingerprint density at radius 2 is 0.849 bits per heavy atom. The van der Waals surface area contributed by atoms with E-state index < -0.39 is 0 Å². The summed E-state index contributed by atoms with van der Waals surface area (Å²) in [6.07, 6.45) is 27.2. The van der Waals surface area contributed by atoms with E-state index in [4.69, 9.17) is 34.7 Å². The van der Waals surface area contributed by atoms with Crippen LogP contribution in [0.3, 0.4) is 0 Å². The van der Waals surface area contributed by atoms with Crippen molar-refractivity contribution in [2.24, 2.45) is 56.6 Å². The predicted molar refractivity (Wildman–Crippen MR) is 346 cm³/mol. The maximum atomic E-state index is 11.7. The van der Waals surface area contributed by atoms with Gasteiger partial charge in [0.2, 0.25) is 11.7 Å². The normalized spacial score (nSPS) is 28.6. The number of benzene rings is 5. The number of amides is 2. The summed E-state index contributed by atoms with van der Waals surface area (Å²) in [5.74, 6) is 4.35. The SMILES string of the molecule is CCC12CCC(CC)(CC1)C21c2cc(C3=CC4=NC(C)=NC4=N3)ccc2-c2cc3c(cc21)-c1ccc(-c2ccc(C4=NC5=NC(c6ccc(OCCCCCCCCCN7C(=O)C=CC7=O)cc6)=NC5=N4)cc2)cc1C31C2(CC)CCC1(CC)CC2. The summed E-state index contributed by atoms with van der Waals surface area (Å²) in [5.41, 5.74) is 20.3. The van der Waals surface area contributed by atoms with Crippen molar-refractivity contribution >= 4 is 58.2 Å². The fraction of sp³-hybridized carbons (Fsp3) is 0.427. The number of hydrogen-bond acceptors (Lipinski definition) is 10. The van der Waals surface area contributed by atoms with Crippen LogP contribution in [0.5, 0.6) is 5.75 Å². The first kappa shape index (κ1) is 53.7. The van der Waals surface area contributed by atoms with Crippen LogP contribution in [0.4, 0.5) is 0 Å². The first-order valence-electron chi connectivity index (χ1n) is 32.6. The van der Waals surface area contributed by atoms with Crippen LogP contribution in [0.2, 0.25) is 0 Å². The molecule has 5 aromatic carbocycles. The smallest absolute Gasteiger partial charge is 0.253 e. The molecule has 0 radical (unpaired) electrons. The molecule has 0 atom stereocenters. The molecule has 434 valence electrons. The van der Waals surface area contributed by atoms with Crippen LogP contribution in [0.1, 0.15) is 196 Å². The van der Waals surface area contributed by atoms with Crippen LogP contribution in [0, 0.1) is 21.7 Å². The molecule has 5 aliphatic heterocycles. The van der Waals surface area contributed by atoms with Gasteiger partial charge in [-0.25, -0.2) is 34.9 Å². The maximum absolute atomic E-state index is 11.7. The molecule has 4 bridgehead atoms. The van der Waals surface area contributed by atoms with Crippen molar-refractivity contribution in [3.63, 3.8) is 0 Å². The van der Waals surface area contributed by atoms with E-state index in [9.17, 15) is 9.59 Å². The van der Waals surface area contributed by atoms with E-state index in [0.29, 0.717) is 36.5 Å².